The van der Waals surface area contributed by atoms with Gasteiger partial charge in [-0.2, -0.15) is 0 Å². The number of amides is 2. The van der Waals surface area contributed by atoms with E-state index in [1.165, 1.54) is 0 Å². The van der Waals surface area contributed by atoms with Crippen LogP contribution in [0.25, 0.3) is 0 Å². The minimum atomic E-state index is -0.138. The maximum absolute atomic E-state index is 11.4. The van der Waals surface area contributed by atoms with Crippen molar-refractivity contribution in [1.82, 2.24) is 10.6 Å². The Hall–Kier alpha value is -1.22. The van der Waals surface area contributed by atoms with Gasteiger partial charge >= 0.3 is 6.03 Å². The van der Waals surface area contributed by atoms with Gasteiger partial charge in [0.2, 0.25) is 0 Å². The first-order valence-electron chi connectivity index (χ1n) is 5.99. The van der Waals surface area contributed by atoms with Crippen LogP contribution in [0.2, 0.25) is 5.02 Å². The van der Waals surface area contributed by atoms with Crippen LogP contribution in [0.4, 0.5) is 4.79 Å². The summed E-state index contributed by atoms with van der Waals surface area (Å²) in [6, 6.07) is 7.36. The zero-order chi connectivity index (χ0) is 12.5. The summed E-state index contributed by atoms with van der Waals surface area (Å²) in [5.41, 5.74) is 0.929. The fourth-order valence-electron chi connectivity index (χ4n) is 1.46. The first-order valence-corrected chi connectivity index (χ1v) is 6.37. The lowest BCUT2D eigenvalue weighted by atomic mass is 10.2. The van der Waals surface area contributed by atoms with Gasteiger partial charge in [-0.3, -0.25) is 0 Å². The minimum Gasteiger partial charge on any atom is -0.338 e. The zero-order valence-electron chi connectivity index (χ0n) is 10.1. The van der Waals surface area contributed by atoms with Crippen LogP contribution < -0.4 is 10.6 Å². The molecule has 1 aromatic carbocycles. The van der Waals surface area contributed by atoms with Crippen LogP contribution >= 0.6 is 11.6 Å². The number of carbonyl (C=O) groups is 1. The number of nitrogens with one attached hydrogen (secondary N) is 2. The van der Waals surface area contributed by atoms with Crippen LogP contribution in [0.5, 0.6) is 0 Å². The van der Waals surface area contributed by atoms with E-state index in [9.17, 15) is 4.79 Å². The molecule has 0 aliphatic heterocycles. The van der Waals surface area contributed by atoms with E-state index in [2.05, 4.69) is 17.6 Å². The summed E-state index contributed by atoms with van der Waals surface area (Å²) < 4.78 is 0. The maximum atomic E-state index is 11.4. The van der Waals surface area contributed by atoms with E-state index < -0.39 is 0 Å². The van der Waals surface area contributed by atoms with E-state index in [1.807, 2.05) is 24.3 Å². The molecule has 0 unspecified atom stereocenters. The molecule has 0 fully saturated rings. The van der Waals surface area contributed by atoms with Crippen molar-refractivity contribution in [1.29, 1.82) is 0 Å². The topological polar surface area (TPSA) is 41.1 Å². The molecule has 2 N–H and O–H groups in total. The summed E-state index contributed by atoms with van der Waals surface area (Å²) in [7, 11) is 0. The Morgan fingerprint density at radius 1 is 1.24 bits per heavy atom. The van der Waals surface area contributed by atoms with E-state index >= 15 is 0 Å². The lowest BCUT2D eigenvalue weighted by Gasteiger charge is -2.08. The Bertz CT molecular complexity index is 355. The number of benzene rings is 1. The molecular weight excluding hydrogens is 236 g/mol. The maximum Gasteiger partial charge on any atom is 0.315 e. The van der Waals surface area contributed by atoms with Gasteiger partial charge in [0.25, 0.3) is 0 Å². The number of hydrogen-bond acceptors (Lipinski definition) is 1. The van der Waals surface area contributed by atoms with Crippen LogP contribution in [-0.2, 0) is 6.54 Å². The van der Waals surface area contributed by atoms with Gasteiger partial charge < -0.3 is 10.6 Å². The highest BCUT2D eigenvalue weighted by Gasteiger charge is 2.02. The summed E-state index contributed by atoms with van der Waals surface area (Å²) in [6.07, 6.45) is 3.32. The molecule has 0 saturated carbocycles. The number of carbonyl (C=O) groups excluding carboxylic acids is 1. The molecule has 0 spiro atoms. The third kappa shape index (κ3) is 5.59. The van der Waals surface area contributed by atoms with E-state index in [0.29, 0.717) is 11.6 Å². The smallest absolute Gasteiger partial charge is 0.315 e. The molecule has 1 rings (SSSR count). The Labute approximate surface area is 108 Å². The van der Waals surface area contributed by atoms with Crippen molar-refractivity contribution < 1.29 is 4.79 Å². The average Bonchev–Trinajstić information content (AvgIpc) is 2.34. The number of unbranched alkanes of at least 4 members (excludes halogenated alkanes) is 2. The highest BCUT2D eigenvalue weighted by molar-refractivity contribution is 6.31. The highest BCUT2D eigenvalue weighted by Crippen LogP contribution is 2.13. The van der Waals surface area contributed by atoms with E-state index in [4.69, 9.17) is 11.6 Å². The van der Waals surface area contributed by atoms with Crippen molar-refractivity contribution in [3.05, 3.63) is 34.9 Å². The molecule has 0 atom stereocenters. The van der Waals surface area contributed by atoms with Crippen LogP contribution in [0, 0.1) is 0 Å². The third-order valence-electron chi connectivity index (χ3n) is 2.46. The molecule has 0 heterocycles. The average molecular weight is 255 g/mol. The van der Waals surface area contributed by atoms with Gasteiger partial charge in [-0.25, -0.2) is 4.79 Å². The first-order chi connectivity index (χ1) is 8.24. The van der Waals surface area contributed by atoms with Crippen LogP contribution in [0.3, 0.4) is 0 Å². The first kappa shape index (κ1) is 13.8. The molecule has 1 aromatic rings. The fourth-order valence-corrected chi connectivity index (χ4v) is 1.66. The largest absolute Gasteiger partial charge is 0.338 e. The number of urea groups is 1. The zero-order valence-corrected chi connectivity index (χ0v) is 10.9. The molecule has 94 valence electrons. The highest BCUT2D eigenvalue weighted by atomic mass is 35.5. The monoisotopic (exact) mass is 254 g/mol. The fraction of sp³-hybridized carbons (Fsp3) is 0.462. The third-order valence-corrected chi connectivity index (χ3v) is 2.83. The van der Waals surface area contributed by atoms with E-state index in [1.54, 1.807) is 0 Å². The molecule has 0 aromatic heterocycles. The van der Waals surface area contributed by atoms with Crippen molar-refractivity contribution in [2.45, 2.75) is 32.7 Å². The second-order valence-electron chi connectivity index (χ2n) is 3.91. The van der Waals surface area contributed by atoms with Gasteiger partial charge in [0.15, 0.2) is 0 Å². The molecule has 0 aliphatic rings. The van der Waals surface area contributed by atoms with E-state index in [0.717, 1.165) is 31.4 Å². The Kier molecular flexibility index (Phi) is 6.48. The van der Waals surface area contributed by atoms with Crippen molar-refractivity contribution in [3.63, 3.8) is 0 Å². The van der Waals surface area contributed by atoms with Crippen LogP contribution in [0.15, 0.2) is 24.3 Å². The Morgan fingerprint density at radius 3 is 2.71 bits per heavy atom. The molecule has 0 bridgehead atoms. The summed E-state index contributed by atoms with van der Waals surface area (Å²) in [6.45, 7) is 3.32. The molecule has 0 saturated heterocycles. The van der Waals surface area contributed by atoms with Gasteiger partial charge in [-0.15, -0.1) is 0 Å². The van der Waals surface area contributed by atoms with Gasteiger partial charge in [-0.1, -0.05) is 49.6 Å². The number of rotatable bonds is 6. The number of halogens is 1. The molecular formula is C13H19ClN2O. The second kappa shape index (κ2) is 7.96. The predicted molar refractivity (Wildman–Crippen MR) is 71.2 cm³/mol. The quantitative estimate of drug-likeness (QED) is 0.752. The molecule has 17 heavy (non-hydrogen) atoms. The molecule has 0 radical (unpaired) electrons. The van der Waals surface area contributed by atoms with Crippen molar-refractivity contribution in [2.75, 3.05) is 6.54 Å². The van der Waals surface area contributed by atoms with Gasteiger partial charge in [0.05, 0.1) is 0 Å². The Balaban J connectivity index is 2.22. The Morgan fingerprint density at radius 2 is 2.00 bits per heavy atom. The van der Waals surface area contributed by atoms with Crippen molar-refractivity contribution >= 4 is 17.6 Å². The van der Waals surface area contributed by atoms with Crippen LogP contribution in [-0.4, -0.2) is 12.6 Å². The van der Waals surface area contributed by atoms with Gasteiger partial charge in [0, 0.05) is 18.1 Å². The second-order valence-corrected chi connectivity index (χ2v) is 4.32. The van der Waals surface area contributed by atoms with Gasteiger partial charge in [-0.05, 0) is 18.1 Å². The molecule has 2 amide bonds. The summed E-state index contributed by atoms with van der Waals surface area (Å²) in [5.74, 6) is 0. The summed E-state index contributed by atoms with van der Waals surface area (Å²) >= 11 is 5.98. The molecule has 4 heteroatoms. The van der Waals surface area contributed by atoms with Crippen molar-refractivity contribution in [3.8, 4) is 0 Å². The van der Waals surface area contributed by atoms with Crippen LogP contribution in [0.1, 0.15) is 31.7 Å². The minimum absolute atomic E-state index is 0.138. The lowest BCUT2D eigenvalue weighted by Crippen LogP contribution is -2.35. The number of hydrogen-bond donors (Lipinski definition) is 2. The van der Waals surface area contributed by atoms with Gasteiger partial charge in [0.1, 0.15) is 0 Å². The lowest BCUT2D eigenvalue weighted by molar-refractivity contribution is 0.240. The normalized spacial score (nSPS) is 10.0. The molecule has 0 aliphatic carbocycles. The van der Waals surface area contributed by atoms with Crippen molar-refractivity contribution in [2.24, 2.45) is 0 Å². The molecule has 3 nitrogen and oxygen atoms in total. The SMILES string of the molecule is CCCCCNC(=O)NCc1ccccc1Cl. The summed E-state index contributed by atoms with van der Waals surface area (Å²) in [4.78, 5) is 11.4. The standard InChI is InChI=1S/C13H19ClN2O/c1-2-3-6-9-15-13(17)16-10-11-7-4-5-8-12(11)14/h4-5,7-8H,2-3,6,9-10H2,1H3,(H2,15,16,17). The summed E-state index contributed by atoms with van der Waals surface area (Å²) in [5, 5.41) is 6.28. The predicted octanol–water partition coefficient (Wildman–Crippen LogP) is 3.33. The van der Waals surface area contributed by atoms with E-state index in [-0.39, 0.29) is 6.03 Å².